The molecule has 2 aromatic carbocycles. The molecule has 0 saturated carbocycles. The Hall–Kier alpha value is -1.35. The van der Waals surface area contributed by atoms with Gasteiger partial charge >= 0.3 is 0 Å². The molecule has 2 nitrogen and oxygen atoms in total. The molecule has 124 valence electrons. The van der Waals surface area contributed by atoms with E-state index in [2.05, 4.69) is 43.3 Å². The van der Waals surface area contributed by atoms with E-state index in [9.17, 15) is 5.11 Å². The molecule has 1 N–H and O–H groups in total. The third-order valence-corrected chi connectivity index (χ3v) is 4.72. The lowest BCUT2D eigenvalue weighted by Crippen LogP contribution is -2.41. The van der Waals surface area contributed by atoms with Crippen molar-refractivity contribution in [3.8, 4) is 0 Å². The number of halogens is 1. The van der Waals surface area contributed by atoms with Gasteiger partial charge < -0.3 is 10.0 Å². The van der Waals surface area contributed by atoms with E-state index in [1.807, 2.05) is 37.3 Å². The fourth-order valence-electron chi connectivity index (χ4n) is 3.19. The first kappa shape index (κ1) is 18.0. The Kier molecular flexibility index (Phi) is 6.23. The summed E-state index contributed by atoms with van der Waals surface area (Å²) in [5.74, 6) is 0.103. The number of hydrogen-bond donors (Lipinski definition) is 1. The monoisotopic (exact) mass is 331 g/mol. The van der Waals surface area contributed by atoms with E-state index in [1.54, 1.807) is 0 Å². The summed E-state index contributed by atoms with van der Waals surface area (Å²) in [4.78, 5) is 2.14. The summed E-state index contributed by atoms with van der Waals surface area (Å²) in [6.45, 7) is 2.87. The molecule has 0 amide bonds. The van der Waals surface area contributed by atoms with Crippen LogP contribution in [-0.2, 0) is 12.0 Å². The Morgan fingerprint density at radius 3 is 2.17 bits per heavy atom. The van der Waals surface area contributed by atoms with Crippen molar-refractivity contribution in [1.82, 2.24) is 4.90 Å². The lowest BCUT2D eigenvalue weighted by molar-refractivity contribution is -0.0366. The van der Waals surface area contributed by atoms with Gasteiger partial charge in [0.25, 0.3) is 0 Å². The lowest BCUT2D eigenvalue weighted by atomic mass is 9.76. The summed E-state index contributed by atoms with van der Waals surface area (Å²) in [5.41, 5.74) is 1.32. The van der Waals surface area contributed by atoms with E-state index in [-0.39, 0.29) is 5.92 Å². The average Bonchev–Trinajstić information content (AvgIpc) is 2.55. The topological polar surface area (TPSA) is 23.5 Å². The third-order valence-electron chi connectivity index (χ3n) is 4.47. The van der Waals surface area contributed by atoms with Crippen LogP contribution in [0.1, 0.15) is 24.5 Å². The smallest absolute Gasteiger partial charge is 0.0937 e. The second-order valence-electron chi connectivity index (χ2n) is 6.43. The van der Waals surface area contributed by atoms with Crippen molar-refractivity contribution in [2.75, 3.05) is 20.6 Å². The molecule has 2 rings (SSSR count). The number of aliphatic hydroxyl groups is 1. The van der Waals surface area contributed by atoms with Gasteiger partial charge in [0.05, 0.1) is 5.60 Å². The van der Waals surface area contributed by atoms with E-state index in [0.29, 0.717) is 11.4 Å². The highest BCUT2D eigenvalue weighted by Gasteiger charge is 2.37. The summed E-state index contributed by atoms with van der Waals surface area (Å²) >= 11 is 6.01. The van der Waals surface area contributed by atoms with Gasteiger partial charge in [-0.1, -0.05) is 61.0 Å². The maximum atomic E-state index is 11.5. The second kappa shape index (κ2) is 7.96. The Bertz CT molecular complexity index is 597. The highest BCUT2D eigenvalue weighted by molar-refractivity contribution is 6.30. The van der Waals surface area contributed by atoms with Crippen molar-refractivity contribution < 1.29 is 5.11 Å². The van der Waals surface area contributed by atoms with Gasteiger partial charge in [0.2, 0.25) is 0 Å². The van der Waals surface area contributed by atoms with Crippen molar-refractivity contribution in [2.24, 2.45) is 5.92 Å². The zero-order valence-electron chi connectivity index (χ0n) is 14.2. The molecule has 0 aromatic heterocycles. The molecule has 0 spiro atoms. The zero-order valence-corrected chi connectivity index (χ0v) is 14.9. The van der Waals surface area contributed by atoms with Gasteiger partial charge in [-0.15, -0.1) is 0 Å². The molecule has 2 unspecified atom stereocenters. The van der Waals surface area contributed by atoms with Gasteiger partial charge in [-0.3, -0.25) is 0 Å². The van der Waals surface area contributed by atoms with Crippen molar-refractivity contribution in [3.63, 3.8) is 0 Å². The molecule has 23 heavy (non-hydrogen) atoms. The maximum absolute atomic E-state index is 11.5. The van der Waals surface area contributed by atoms with Crippen LogP contribution in [0.4, 0.5) is 0 Å². The van der Waals surface area contributed by atoms with E-state index in [1.165, 1.54) is 5.56 Å². The van der Waals surface area contributed by atoms with Gasteiger partial charge in [0, 0.05) is 17.5 Å². The largest absolute Gasteiger partial charge is 0.385 e. The van der Waals surface area contributed by atoms with E-state index in [0.717, 1.165) is 18.5 Å². The van der Waals surface area contributed by atoms with Crippen LogP contribution >= 0.6 is 11.6 Å². The quantitative estimate of drug-likeness (QED) is 0.815. The second-order valence-corrected chi connectivity index (χ2v) is 6.87. The van der Waals surface area contributed by atoms with Crippen LogP contribution < -0.4 is 0 Å². The van der Waals surface area contributed by atoms with E-state index in [4.69, 9.17) is 11.6 Å². The minimum Gasteiger partial charge on any atom is -0.385 e. The number of benzene rings is 2. The van der Waals surface area contributed by atoms with Crippen LogP contribution in [0.25, 0.3) is 0 Å². The molecule has 0 fully saturated rings. The minimum atomic E-state index is -0.870. The van der Waals surface area contributed by atoms with Crippen LogP contribution in [0.3, 0.4) is 0 Å². The predicted molar refractivity (Wildman–Crippen MR) is 97.8 cm³/mol. The van der Waals surface area contributed by atoms with Gasteiger partial charge in [0.1, 0.15) is 0 Å². The Morgan fingerprint density at radius 2 is 1.65 bits per heavy atom. The van der Waals surface area contributed by atoms with Crippen LogP contribution in [0.2, 0.25) is 5.02 Å². The van der Waals surface area contributed by atoms with Crippen molar-refractivity contribution in [3.05, 3.63) is 70.7 Å². The first-order chi connectivity index (χ1) is 11.0. The molecule has 0 saturated heterocycles. The Morgan fingerprint density at radius 1 is 1.04 bits per heavy atom. The van der Waals surface area contributed by atoms with Crippen LogP contribution in [-0.4, -0.2) is 30.6 Å². The molecule has 2 aromatic rings. The summed E-state index contributed by atoms with van der Waals surface area (Å²) in [6, 6.07) is 18.0. The molecule has 0 heterocycles. The van der Waals surface area contributed by atoms with Gasteiger partial charge in [-0.05, 0) is 50.2 Å². The first-order valence-corrected chi connectivity index (χ1v) is 8.50. The first-order valence-electron chi connectivity index (χ1n) is 8.12. The average molecular weight is 332 g/mol. The predicted octanol–water partition coefficient (Wildman–Crippen LogP) is 4.36. The lowest BCUT2D eigenvalue weighted by Gasteiger charge is -2.38. The molecule has 0 bridgehead atoms. The summed E-state index contributed by atoms with van der Waals surface area (Å²) in [5, 5.41) is 12.2. The number of hydrogen-bond acceptors (Lipinski definition) is 2. The number of nitrogens with zero attached hydrogens (tertiary/aromatic N) is 1. The van der Waals surface area contributed by atoms with Crippen molar-refractivity contribution >= 4 is 11.6 Å². The highest BCUT2D eigenvalue weighted by Crippen LogP contribution is 2.36. The Balaban J connectivity index is 2.35. The summed E-state index contributed by atoms with van der Waals surface area (Å²) < 4.78 is 0. The maximum Gasteiger partial charge on any atom is 0.0937 e. The normalized spacial score (nSPS) is 15.4. The Labute approximate surface area is 144 Å². The van der Waals surface area contributed by atoms with Gasteiger partial charge in [0.15, 0.2) is 0 Å². The molecular weight excluding hydrogens is 306 g/mol. The molecule has 0 aliphatic heterocycles. The van der Waals surface area contributed by atoms with Crippen molar-refractivity contribution in [2.45, 2.75) is 25.4 Å². The standard InChI is InChI=1S/C20H26ClNO/c1-4-20(23,17-10-12-19(21)13-11-17)18(15-22(2)3)14-16-8-6-5-7-9-16/h5-13,18,23H,4,14-15H2,1-3H3. The fraction of sp³-hybridized carbons (Fsp3) is 0.400. The van der Waals surface area contributed by atoms with Gasteiger partial charge in [-0.25, -0.2) is 0 Å². The molecule has 0 aliphatic carbocycles. The van der Waals surface area contributed by atoms with Crippen LogP contribution in [0.15, 0.2) is 54.6 Å². The van der Waals surface area contributed by atoms with Gasteiger partial charge in [-0.2, -0.15) is 0 Å². The molecular formula is C20H26ClNO. The van der Waals surface area contributed by atoms with Crippen LogP contribution in [0, 0.1) is 5.92 Å². The van der Waals surface area contributed by atoms with Crippen LogP contribution in [0.5, 0.6) is 0 Å². The van der Waals surface area contributed by atoms with E-state index >= 15 is 0 Å². The molecule has 0 radical (unpaired) electrons. The highest BCUT2D eigenvalue weighted by atomic mass is 35.5. The zero-order chi connectivity index (χ0) is 16.9. The van der Waals surface area contributed by atoms with E-state index < -0.39 is 5.60 Å². The molecule has 3 heteroatoms. The third kappa shape index (κ3) is 4.57. The fourth-order valence-corrected chi connectivity index (χ4v) is 3.32. The minimum absolute atomic E-state index is 0.103. The SMILES string of the molecule is CCC(O)(c1ccc(Cl)cc1)C(Cc1ccccc1)CN(C)C. The van der Waals surface area contributed by atoms with Crippen molar-refractivity contribution in [1.29, 1.82) is 0 Å². The summed E-state index contributed by atoms with van der Waals surface area (Å²) in [6.07, 6.45) is 1.51. The summed E-state index contributed by atoms with van der Waals surface area (Å²) in [7, 11) is 4.10. The molecule has 0 aliphatic rings. The number of rotatable bonds is 7. The molecule has 2 atom stereocenters.